The van der Waals surface area contributed by atoms with Gasteiger partial charge in [0.15, 0.2) is 0 Å². The molecule has 52 heavy (non-hydrogen) atoms. The number of hydrogen-bond donors (Lipinski definition) is 0. The molecule has 0 saturated carbocycles. The van der Waals surface area contributed by atoms with E-state index in [4.69, 9.17) is 4.42 Å². The predicted molar refractivity (Wildman–Crippen MR) is 217 cm³/mol. The first-order chi connectivity index (χ1) is 25.8. The zero-order valence-electron chi connectivity index (χ0n) is 28.0. The fourth-order valence-electron chi connectivity index (χ4n) is 8.88. The molecule has 0 amide bonds. The van der Waals surface area contributed by atoms with Gasteiger partial charge in [-0.1, -0.05) is 97.1 Å². The summed E-state index contributed by atoms with van der Waals surface area (Å²) in [6.45, 7) is 0. The van der Waals surface area contributed by atoms with Crippen LogP contribution in [0.4, 0.5) is 0 Å². The molecule has 8 aromatic carbocycles. The van der Waals surface area contributed by atoms with Crippen molar-refractivity contribution in [3.63, 3.8) is 0 Å². The normalized spacial score (nSPS) is 12.2. The highest BCUT2D eigenvalue weighted by atomic mass is 16.3. The quantitative estimate of drug-likeness (QED) is 0.185. The number of furan rings is 1. The van der Waals surface area contributed by atoms with Crippen molar-refractivity contribution in [1.82, 2.24) is 13.7 Å². The molecule has 0 fully saturated rings. The third-order valence-electron chi connectivity index (χ3n) is 11.0. The van der Waals surface area contributed by atoms with Crippen molar-refractivity contribution in [2.75, 3.05) is 0 Å². The highest BCUT2D eigenvalue weighted by Gasteiger charge is 2.23. The number of para-hydroxylation sites is 5. The van der Waals surface area contributed by atoms with Gasteiger partial charge >= 0.3 is 0 Å². The van der Waals surface area contributed by atoms with Crippen LogP contribution in [0.25, 0.3) is 104 Å². The van der Waals surface area contributed by atoms with E-state index in [1.54, 1.807) is 0 Å². The van der Waals surface area contributed by atoms with Crippen LogP contribution in [0, 0.1) is 0 Å². The van der Waals surface area contributed by atoms with Crippen LogP contribution >= 0.6 is 0 Å². The standard InChI is InChI=1S/C48H29N3O/c1-3-13-30(14-4-1)49-40-21-11-8-18-37(40)45-42(49)27-25-35-36-26-28-43-46(48(36)52-47(35)45)38-19-9-12-22-41(38)51(43)32-23-24-34-33-17-7-10-20-39(33)50(44(34)29-32)31-15-5-2-6-16-31/h1-29H. The zero-order valence-corrected chi connectivity index (χ0v) is 28.0. The third kappa shape index (κ3) is 3.60. The van der Waals surface area contributed by atoms with Gasteiger partial charge in [0.1, 0.15) is 11.2 Å². The Morgan fingerprint density at radius 2 is 0.673 bits per heavy atom. The van der Waals surface area contributed by atoms with Crippen molar-refractivity contribution in [1.29, 1.82) is 0 Å². The molecule has 0 saturated heterocycles. The molecule has 0 radical (unpaired) electrons. The van der Waals surface area contributed by atoms with Gasteiger partial charge in [-0.2, -0.15) is 0 Å². The summed E-state index contributed by atoms with van der Waals surface area (Å²) in [5.74, 6) is 0. The number of aromatic nitrogens is 3. The molecule has 242 valence electrons. The fraction of sp³-hybridized carbons (Fsp3) is 0. The maximum atomic E-state index is 7.15. The Labute approximate surface area is 297 Å². The van der Waals surface area contributed by atoms with Crippen molar-refractivity contribution in [3.05, 3.63) is 176 Å². The van der Waals surface area contributed by atoms with Gasteiger partial charge in [-0.15, -0.1) is 0 Å². The van der Waals surface area contributed by atoms with E-state index >= 15 is 0 Å². The summed E-state index contributed by atoms with van der Waals surface area (Å²) in [6.07, 6.45) is 0. The van der Waals surface area contributed by atoms with Crippen LogP contribution in [0.3, 0.4) is 0 Å². The molecule has 0 spiro atoms. The average Bonchev–Trinajstić information content (AvgIpc) is 3.94. The van der Waals surface area contributed by atoms with Crippen LogP contribution in [0.1, 0.15) is 0 Å². The summed E-state index contributed by atoms with van der Waals surface area (Å²) in [4.78, 5) is 0. The Kier molecular flexibility index (Phi) is 5.47. The Balaban J connectivity index is 1.17. The first-order valence-electron chi connectivity index (χ1n) is 17.8. The van der Waals surface area contributed by atoms with Crippen LogP contribution < -0.4 is 0 Å². The smallest absolute Gasteiger partial charge is 0.145 e. The van der Waals surface area contributed by atoms with Gasteiger partial charge < -0.3 is 18.1 Å². The Morgan fingerprint density at radius 3 is 1.23 bits per heavy atom. The molecule has 0 N–H and O–H groups in total. The van der Waals surface area contributed by atoms with E-state index in [-0.39, 0.29) is 0 Å². The molecule has 0 unspecified atom stereocenters. The monoisotopic (exact) mass is 663 g/mol. The minimum absolute atomic E-state index is 0.922. The largest absolute Gasteiger partial charge is 0.455 e. The highest BCUT2D eigenvalue weighted by molar-refractivity contribution is 6.29. The van der Waals surface area contributed by atoms with Crippen LogP contribution in [-0.4, -0.2) is 13.7 Å². The molecule has 4 aromatic heterocycles. The van der Waals surface area contributed by atoms with E-state index in [9.17, 15) is 0 Å². The van der Waals surface area contributed by atoms with E-state index in [1.807, 2.05) is 0 Å². The van der Waals surface area contributed by atoms with Gasteiger partial charge in [0.2, 0.25) is 0 Å². The number of rotatable bonds is 3. The van der Waals surface area contributed by atoms with E-state index in [0.717, 1.165) is 66.3 Å². The summed E-state index contributed by atoms with van der Waals surface area (Å²) < 4.78 is 14.3. The molecular weight excluding hydrogens is 635 g/mol. The van der Waals surface area contributed by atoms with Gasteiger partial charge in [-0.3, -0.25) is 0 Å². The first kappa shape index (κ1) is 27.7. The molecule has 0 atom stereocenters. The molecule has 0 bridgehead atoms. The molecule has 0 aliphatic heterocycles. The fourth-order valence-corrected chi connectivity index (χ4v) is 8.88. The predicted octanol–water partition coefficient (Wildman–Crippen LogP) is 12.9. The van der Waals surface area contributed by atoms with E-state index in [0.29, 0.717) is 0 Å². The van der Waals surface area contributed by atoms with Crippen molar-refractivity contribution in [2.45, 2.75) is 0 Å². The van der Waals surface area contributed by atoms with Gasteiger partial charge in [0, 0.05) is 49.4 Å². The minimum atomic E-state index is 0.922. The molecule has 4 heterocycles. The lowest BCUT2D eigenvalue weighted by molar-refractivity contribution is 0.677. The number of benzene rings is 8. The summed E-state index contributed by atoms with van der Waals surface area (Å²) in [5.41, 5.74) is 12.2. The maximum absolute atomic E-state index is 7.15. The Hall–Kier alpha value is -7.04. The SMILES string of the molecule is c1ccc(-n2c3ccccc3c3ccc(-n4c5ccccc5c5c6oc7c(ccc8c7c7ccccc7n8-c7ccccc7)c6ccc54)cc32)cc1. The van der Waals surface area contributed by atoms with Gasteiger partial charge in [0.25, 0.3) is 0 Å². The molecule has 0 aliphatic rings. The van der Waals surface area contributed by atoms with Crippen LogP contribution in [0.2, 0.25) is 0 Å². The van der Waals surface area contributed by atoms with Crippen LogP contribution in [-0.2, 0) is 0 Å². The number of hydrogen-bond acceptors (Lipinski definition) is 1. The van der Waals surface area contributed by atoms with Crippen molar-refractivity contribution in [3.8, 4) is 17.1 Å². The minimum Gasteiger partial charge on any atom is -0.455 e. The summed E-state index contributed by atoms with van der Waals surface area (Å²) >= 11 is 0. The number of fused-ring (bicyclic) bond motifs is 14. The summed E-state index contributed by atoms with van der Waals surface area (Å²) in [5, 5.41) is 9.38. The van der Waals surface area contributed by atoms with E-state index < -0.39 is 0 Å². The second-order valence-corrected chi connectivity index (χ2v) is 13.7. The van der Waals surface area contributed by atoms with Crippen molar-refractivity contribution < 1.29 is 4.42 Å². The molecule has 4 nitrogen and oxygen atoms in total. The van der Waals surface area contributed by atoms with Crippen LogP contribution in [0.5, 0.6) is 0 Å². The van der Waals surface area contributed by atoms with Gasteiger partial charge in [-0.25, -0.2) is 0 Å². The number of nitrogens with zero attached hydrogens (tertiary/aromatic N) is 3. The lowest BCUT2D eigenvalue weighted by Gasteiger charge is -2.11. The second-order valence-electron chi connectivity index (χ2n) is 13.7. The molecule has 4 heteroatoms. The lowest BCUT2D eigenvalue weighted by atomic mass is 10.1. The summed E-state index contributed by atoms with van der Waals surface area (Å²) in [6, 6.07) is 63.3. The van der Waals surface area contributed by atoms with Gasteiger partial charge in [0.05, 0.1) is 43.9 Å². The van der Waals surface area contributed by atoms with Crippen molar-refractivity contribution in [2.24, 2.45) is 0 Å². The molecular formula is C48H29N3O. The van der Waals surface area contributed by atoms with E-state index in [2.05, 4.69) is 190 Å². The highest BCUT2D eigenvalue weighted by Crippen LogP contribution is 2.45. The average molecular weight is 664 g/mol. The Morgan fingerprint density at radius 1 is 0.269 bits per heavy atom. The molecule has 12 aromatic rings. The van der Waals surface area contributed by atoms with E-state index in [1.165, 1.54) is 38.1 Å². The molecule has 12 rings (SSSR count). The first-order valence-corrected chi connectivity index (χ1v) is 17.8. The molecule has 0 aliphatic carbocycles. The topological polar surface area (TPSA) is 27.9 Å². The van der Waals surface area contributed by atoms with Crippen molar-refractivity contribution >= 4 is 87.4 Å². The lowest BCUT2D eigenvalue weighted by Crippen LogP contribution is -1.96. The Bertz CT molecular complexity index is 3390. The second kappa shape index (κ2) is 10.3. The zero-order chi connectivity index (χ0) is 33.9. The van der Waals surface area contributed by atoms with Crippen LogP contribution in [0.15, 0.2) is 180 Å². The van der Waals surface area contributed by atoms with Gasteiger partial charge in [-0.05, 0) is 78.9 Å². The maximum Gasteiger partial charge on any atom is 0.145 e. The third-order valence-corrected chi connectivity index (χ3v) is 11.0. The summed E-state index contributed by atoms with van der Waals surface area (Å²) in [7, 11) is 0.